The molecule has 4 heterocycles. The van der Waals surface area contributed by atoms with Gasteiger partial charge in [0.2, 0.25) is 0 Å². The summed E-state index contributed by atoms with van der Waals surface area (Å²) in [4.78, 5) is 24.7. The van der Waals surface area contributed by atoms with Gasteiger partial charge < -0.3 is 14.8 Å². The molecule has 4 aliphatic rings. The average Bonchev–Trinajstić information content (AvgIpc) is 3.54. The monoisotopic (exact) mass is 596 g/mol. The van der Waals surface area contributed by atoms with Gasteiger partial charge in [-0.25, -0.2) is 14.4 Å². The molecule has 0 bridgehead atoms. The zero-order valence-electron chi connectivity index (χ0n) is 25.4. The summed E-state index contributed by atoms with van der Waals surface area (Å²) >= 11 is 0. The second-order valence-electron chi connectivity index (χ2n) is 13.1. The number of rotatable bonds is 8. The van der Waals surface area contributed by atoms with Crippen LogP contribution in [-0.2, 0) is 9.47 Å². The zero-order valence-corrected chi connectivity index (χ0v) is 25.4. The quantitative estimate of drug-likeness (QED) is 0.340. The van der Waals surface area contributed by atoms with Gasteiger partial charge >= 0.3 is 0 Å². The molecule has 44 heavy (non-hydrogen) atoms. The number of ether oxygens (including phenoxy) is 2. The molecule has 1 spiro atoms. The Balaban J connectivity index is 1.03. The zero-order chi connectivity index (χ0) is 30.1. The van der Waals surface area contributed by atoms with Crippen LogP contribution in [0.2, 0.25) is 0 Å². The number of halogens is 1. The van der Waals surface area contributed by atoms with Crippen molar-refractivity contribution in [2.45, 2.75) is 63.5 Å². The number of nitrogens with one attached hydrogen (secondary N) is 1. The highest BCUT2D eigenvalue weighted by molar-refractivity contribution is 5.92. The minimum absolute atomic E-state index is 0.197. The van der Waals surface area contributed by atoms with Gasteiger partial charge in [-0.3, -0.25) is 9.69 Å². The van der Waals surface area contributed by atoms with E-state index in [1.54, 1.807) is 24.4 Å². The van der Waals surface area contributed by atoms with E-state index in [-0.39, 0.29) is 23.7 Å². The van der Waals surface area contributed by atoms with E-state index in [4.69, 9.17) is 9.47 Å². The molecule has 1 amide bonds. The molecule has 1 aliphatic carbocycles. The molecule has 3 aliphatic heterocycles. The summed E-state index contributed by atoms with van der Waals surface area (Å²) in [6.07, 6.45) is 8.33. The van der Waals surface area contributed by atoms with Crippen LogP contribution in [-0.4, -0.2) is 66.3 Å². The van der Waals surface area contributed by atoms with Gasteiger partial charge in [0.05, 0.1) is 12.1 Å². The van der Waals surface area contributed by atoms with Gasteiger partial charge in [-0.05, 0) is 85.9 Å². The minimum Gasteiger partial charge on any atom is -0.381 e. The Kier molecular flexibility index (Phi) is 8.31. The summed E-state index contributed by atoms with van der Waals surface area (Å²) in [5, 5.41) is 3.11. The molecular weight excluding hydrogens is 555 g/mol. The standard InChI is InChI=1S/C36H41FN4O3/c1-24(39-35(42)32-12-15-38-34(40-32)28-13-17-43-18-14-28)25-4-6-26(7-5-25)33(27-8-10-30(37)11-9-27)29-19-36(20-29)22-41(23-36)21-31-3-2-16-44-31/h4-12,15,24,28,31H,2-3,13-14,16-23H2,1H3,(H,39,42)/t24-,31?/m1/s1. The van der Waals surface area contributed by atoms with E-state index in [0.717, 1.165) is 74.4 Å². The number of amides is 1. The second-order valence-corrected chi connectivity index (χ2v) is 13.1. The fraction of sp³-hybridized carbons (Fsp3) is 0.472. The van der Waals surface area contributed by atoms with Crippen LogP contribution in [0.1, 0.15) is 90.4 Å². The van der Waals surface area contributed by atoms with Crippen molar-refractivity contribution in [3.05, 3.63) is 100 Å². The highest BCUT2D eigenvalue weighted by atomic mass is 19.1. The van der Waals surface area contributed by atoms with Crippen molar-refractivity contribution < 1.29 is 18.7 Å². The first-order valence-electron chi connectivity index (χ1n) is 16.1. The number of hydrogen-bond acceptors (Lipinski definition) is 6. The fourth-order valence-corrected chi connectivity index (χ4v) is 7.50. The maximum Gasteiger partial charge on any atom is 0.270 e. The molecule has 2 atom stereocenters. The second kappa shape index (κ2) is 12.5. The summed E-state index contributed by atoms with van der Waals surface area (Å²) < 4.78 is 25.2. The smallest absolute Gasteiger partial charge is 0.270 e. The van der Waals surface area contributed by atoms with Gasteiger partial charge in [-0.15, -0.1) is 0 Å². The van der Waals surface area contributed by atoms with E-state index in [2.05, 4.69) is 44.5 Å². The van der Waals surface area contributed by atoms with Crippen LogP contribution in [0.25, 0.3) is 5.57 Å². The lowest BCUT2D eigenvalue weighted by Gasteiger charge is -2.58. The number of carbonyl (C=O) groups is 1. The summed E-state index contributed by atoms with van der Waals surface area (Å²) in [6, 6.07) is 16.8. The van der Waals surface area contributed by atoms with E-state index in [1.807, 2.05) is 19.1 Å². The Morgan fingerprint density at radius 2 is 1.70 bits per heavy atom. The van der Waals surface area contributed by atoms with Crippen LogP contribution in [0, 0.1) is 11.2 Å². The van der Waals surface area contributed by atoms with Crippen molar-refractivity contribution in [3.8, 4) is 0 Å². The summed E-state index contributed by atoms with van der Waals surface area (Å²) in [5.74, 6) is 0.511. The number of aromatic nitrogens is 2. The molecule has 1 saturated carbocycles. The van der Waals surface area contributed by atoms with Crippen molar-refractivity contribution >= 4 is 11.5 Å². The van der Waals surface area contributed by atoms with Gasteiger partial charge in [-0.1, -0.05) is 42.0 Å². The third-order valence-electron chi connectivity index (χ3n) is 9.81. The molecule has 0 radical (unpaired) electrons. The molecular formula is C36H41FN4O3. The highest BCUT2D eigenvalue weighted by Gasteiger charge is 2.51. The fourth-order valence-electron chi connectivity index (χ4n) is 7.50. The van der Waals surface area contributed by atoms with Gasteiger partial charge in [-0.2, -0.15) is 0 Å². The minimum atomic E-state index is -0.226. The summed E-state index contributed by atoms with van der Waals surface area (Å²) in [5.41, 5.74) is 6.57. The Bertz CT molecular complexity index is 1500. The molecule has 2 aromatic carbocycles. The molecule has 230 valence electrons. The highest BCUT2D eigenvalue weighted by Crippen LogP contribution is 2.54. The van der Waals surface area contributed by atoms with E-state index in [1.165, 1.54) is 24.0 Å². The topological polar surface area (TPSA) is 76.6 Å². The Labute approximate surface area is 258 Å². The van der Waals surface area contributed by atoms with E-state index < -0.39 is 0 Å². The Morgan fingerprint density at radius 3 is 2.39 bits per heavy atom. The molecule has 7 rings (SSSR count). The van der Waals surface area contributed by atoms with Crippen LogP contribution in [0.3, 0.4) is 0 Å². The number of allylic oxidation sites excluding steroid dienone is 1. The molecule has 1 N–H and O–H groups in total. The third-order valence-corrected chi connectivity index (χ3v) is 9.81. The molecule has 3 aromatic rings. The largest absolute Gasteiger partial charge is 0.381 e. The number of benzene rings is 2. The lowest BCUT2D eigenvalue weighted by molar-refractivity contribution is -0.0548. The van der Waals surface area contributed by atoms with Crippen LogP contribution in [0.15, 0.2) is 66.4 Å². The summed E-state index contributed by atoms with van der Waals surface area (Å²) in [6.45, 7) is 7.61. The SMILES string of the molecule is C[C@@H](NC(=O)c1ccnc(C2CCOCC2)n1)c1ccc(C(=C2CC3(C2)CN(CC2CCCO2)C3)c2ccc(F)cc2)cc1. The number of likely N-dealkylation sites (tertiary alicyclic amines) is 1. The van der Waals surface area contributed by atoms with E-state index in [9.17, 15) is 9.18 Å². The van der Waals surface area contributed by atoms with E-state index >= 15 is 0 Å². The lowest BCUT2D eigenvalue weighted by atomic mass is 9.59. The van der Waals surface area contributed by atoms with Gasteiger partial charge in [0.25, 0.3) is 5.91 Å². The number of nitrogens with zero attached hydrogens (tertiary/aromatic N) is 3. The van der Waals surface area contributed by atoms with Crippen LogP contribution in [0.5, 0.6) is 0 Å². The average molecular weight is 597 g/mol. The lowest BCUT2D eigenvalue weighted by Crippen LogP contribution is -2.61. The van der Waals surface area contributed by atoms with Crippen molar-refractivity contribution in [3.63, 3.8) is 0 Å². The molecule has 7 nitrogen and oxygen atoms in total. The normalized spacial score (nSPS) is 22.3. The molecule has 1 unspecified atom stereocenters. The van der Waals surface area contributed by atoms with Gasteiger partial charge in [0.15, 0.2) is 0 Å². The molecule has 3 saturated heterocycles. The summed E-state index contributed by atoms with van der Waals surface area (Å²) in [7, 11) is 0. The first-order chi connectivity index (χ1) is 21.4. The predicted octanol–water partition coefficient (Wildman–Crippen LogP) is 6.08. The first-order valence-corrected chi connectivity index (χ1v) is 16.1. The van der Waals surface area contributed by atoms with Crippen molar-refractivity contribution in [2.75, 3.05) is 39.5 Å². The molecule has 1 aromatic heterocycles. The number of hydrogen-bond donors (Lipinski definition) is 1. The third kappa shape index (κ3) is 6.21. The molecule has 8 heteroatoms. The Morgan fingerprint density at radius 1 is 1.00 bits per heavy atom. The maximum atomic E-state index is 13.9. The van der Waals surface area contributed by atoms with Gasteiger partial charge in [0.1, 0.15) is 17.3 Å². The predicted molar refractivity (Wildman–Crippen MR) is 167 cm³/mol. The Hall–Kier alpha value is -3.46. The van der Waals surface area contributed by atoms with Gasteiger partial charge in [0, 0.05) is 57.0 Å². The van der Waals surface area contributed by atoms with Crippen LogP contribution in [0.4, 0.5) is 4.39 Å². The van der Waals surface area contributed by atoms with Crippen molar-refractivity contribution in [1.29, 1.82) is 0 Å². The first kappa shape index (κ1) is 29.3. The van der Waals surface area contributed by atoms with E-state index in [0.29, 0.717) is 30.4 Å². The van der Waals surface area contributed by atoms with Crippen LogP contribution < -0.4 is 5.32 Å². The van der Waals surface area contributed by atoms with Crippen molar-refractivity contribution in [1.82, 2.24) is 20.2 Å². The number of carbonyl (C=O) groups excluding carboxylic acids is 1. The molecule has 4 fully saturated rings. The van der Waals surface area contributed by atoms with Crippen LogP contribution >= 0.6 is 0 Å². The maximum absolute atomic E-state index is 13.9. The van der Waals surface area contributed by atoms with Crippen molar-refractivity contribution in [2.24, 2.45) is 5.41 Å².